The molecule has 1 aromatic carbocycles. The highest BCUT2D eigenvalue weighted by Gasteiger charge is 2.16. The molecule has 1 unspecified atom stereocenters. The van der Waals surface area contributed by atoms with E-state index in [1.54, 1.807) is 7.11 Å². The minimum Gasteiger partial charge on any atom is -0.497 e. The predicted molar refractivity (Wildman–Crippen MR) is 61.8 cm³/mol. The summed E-state index contributed by atoms with van der Waals surface area (Å²) >= 11 is 0. The summed E-state index contributed by atoms with van der Waals surface area (Å²) in [6.07, 6.45) is 0.0592. The van der Waals surface area contributed by atoms with Crippen molar-refractivity contribution in [3.8, 4) is 5.75 Å². The Hall–Kier alpha value is -1.55. The first-order valence-electron chi connectivity index (χ1n) is 5.15. The fourth-order valence-corrected chi connectivity index (χ4v) is 1.76. The second-order valence-corrected chi connectivity index (χ2v) is 3.75. The van der Waals surface area contributed by atoms with E-state index in [2.05, 4.69) is 0 Å². The lowest BCUT2D eigenvalue weighted by molar-refractivity contribution is -0.137. The van der Waals surface area contributed by atoms with Crippen LogP contribution in [0.5, 0.6) is 5.75 Å². The molecule has 0 saturated heterocycles. The largest absolute Gasteiger partial charge is 0.497 e. The number of hydrogen-bond donors (Lipinski definition) is 2. The molecule has 0 fully saturated rings. The SMILES string of the molecule is COc1ccc(C(CN)CC(=O)O)c(C)c1. The van der Waals surface area contributed by atoms with E-state index in [-0.39, 0.29) is 12.3 Å². The number of rotatable bonds is 5. The minimum absolute atomic E-state index is 0.0592. The monoisotopic (exact) mass is 223 g/mol. The molecule has 0 aliphatic rings. The molecule has 16 heavy (non-hydrogen) atoms. The van der Waals surface area contributed by atoms with Crippen LogP contribution < -0.4 is 10.5 Å². The van der Waals surface area contributed by atoms with Crippen molar-refractivity contribution in [3.63, 3.8) is 0 Å². The van der Waals surface area contributed by atoms with Crippen molar-refractivity contribution in [1.82, 2.24) is 0 Å². The van der Waals surface area contributed by atoms with Gasteiger partial charge < -0.3 is 15.6 Å². The average molecular weight is 223 g/mol. The van der Waals surface area contributed by atoms with Crippen LogP contribution in [-0.2, 0) is 4.79 Å². The zero-order chi connectivity index (χ0) is 12.1. The molecule has 0 spiro atoms. The van der Waals surface area contributed by atoms with Crippen LogP contribution in [0, 0.1) is 6.92 Å². The van der Waals surface area contributed by atoms with Gasteiger partial charge in [0, 0.05) is 5.92 Å². The van der Waals surface area contributed by atoms with Gasteiger partial charge in [-0.25, -0.2) is 0 Å². The van der Waals surface area contributed by atoms with Gasteiger partial charge in [0.05, 0.1) is 13.5 Å². The Bertz CT molecular complexity index is 377. The van der Waals surface area contributed by atoms with E-state index < -0.39 is 5.97 Å². The second-order valence-electron chi connectivity index (χ2n) is 3.75. The Balaban J connectivity index is 2.96. The number of nitrogens with two attached hydrogens (primary N) is 1. The summed E-state index contributed by atoms with van der Waals surface area (Å²) in [5.74, 6) is -0.193. The summed E-state index contributed by atoms with van der Waals surface area (Å²) in [6, 6.07) is 5.60. The lowest BCUT2D eigenvalue weighted by atomic mass is 9.92. The predicted octanol–water partition coefficient (Wildman–Crippen LogP) is 1.52. The van der Waals surface area contributed by atoms with Gasteiger partial charge in [0.25, 0.3) is 0 Å². The van der Waals surface area contributed by atoms with Crippen molar-refractivity contribution in [2.45, 2.75) is 19.3 Å². The molecule has 0 bridgehead atoms. The highest BCUT2D eigenvalue weighted by Crippen LogP contribution is 2.25. The first-order chi connectivity index (χ1) is 7.58. The van der Waals surface area contributed by atoms with Crippen LogP contribution in [0.4, 0.5) is 0 Å². The molecule has 4 nitrogen and oxygen atoms in total. The molecular formula is C12H17NO3. The maximum absolute atomic E-state index is 10.7. The number of aryl methyl sites for hydroxylation is 1. The van der Waals surface area contributed by atoms with Crippen molar-refractivity contribution in [2.75, 3.05) is 13.7 Å². The van der Waals surface area contributed by atoms with E-state index in [0.29, 0.717) is 6.54 Å². The van der Waals surface area contributed by atoms with E-state index in [9.17, 15) is 4.79 Å². The van der Waals surface area contributed by atoms with Crippen LogP contribution >= 0.6 is 0 Å². The third-order valence-electron chi connectivity index (χ3n) is 2.62. The lowest BCUT2D eigenvalue weighted by Crippen LogP contribution is -2.17. The van der Waals surface area contributed by atoms with Crippen LogP contribution in [0.2, 0.25) is 0 Å². The Morgan fingerprint density at radius 3 is 2.69 bits per heavy atom. The van der Waals surface area contributed by atoms with Crippen LogP contribution in [-0.4, -0.2) is 24.7 Å². The van der Waals surface area contributed by atoms with Gasteiger partial charge in [-0.05, 0) is 36.7 Å². The van der Waals surface area contributed by atoms with Crippen molar-refractivity contribution >= 4 is 5.97 Å². The Morgan fingerprint density at radius 2 is 2.25 bits per heavy atom. The zero-order valence-corrected chi connectivity index (χ0v) is 9.56. The van der Waals surface area contributed by atoms with Crippen LogP contribution in [0.15, 0.2) is 18.2 Å². The quantitative estimate of drug-likeness (QED) is 0.793. The third-order valence-corrected chi connectivity index (χ3v) is 2.62. The third kappa shape index (κ3) is 2.97. The fraction of sp³-hybridized carbons (Fsp3) is 0.417. The molecule has 1 rings (SSSR count). The van der Waals surface area contributed by atoms with Crippen LogP contribution in [0.1, 0.15) is 23.5 Å². The molecule has 0 heterocycles. The van der Waals surface area contributed by atoms with E-state index in [1.807, 2.05) is 25.1 Å². The van der Waals surface area contributed by atoms with Crippen molar-refractivity contribution in [3.05, 3.63) is 29.3 Å². The molecule has 1 aromatic rings. The molecule has 0 saturated carbocycles. The molecule has 4 heteroatoms. The number of carbonyl (C=O) groups is 1. The molecule has 0 aliphatic carbocycles. The highest BCUT2D eigenvalue weighted by atomic mass is 16.5. The maximum atomic E-state index is 10.7. The molecule has 88 valence electrons. The van der Waals surface area contributed by atoms with Crippen LogP contribution in [0.25, 0.3) is 0 Å². The van der Waals surface area contributed by atoms with Crippen molar-refractivity contribution in [2.24, 2.45) is 5.73 Å². The van der Waals surface area contributed by atoms with Gasteiger partial charge in [-0.2, -0.15) is 0 Å². The second kappa shape index (κ2) is 5.51. The average Bonchev–Trinajstić information content (AvgIpc) is 2.25. The van der Waals surface area contributed by atoms with E-state index in [1.165, 1.54) is 0 Å². The minimum atomic E-state index is -0.828. The molecular weight excluding hydrogens is 206 g/mol. The summed E-state index contributed by atoms with van der Waals surface area (Å²) in [6.45, 7) is 2.27. The summed E-state index contributed by atoms with van der Waals surface area (Å²) in [5.41, 5.74) is 7.59. The number of benzene rings is 1. The standard InChI is InChI=1S/C12H17NO3/c1-8-5-10(16-2)3-4-11(8)9(7-13)6-12(14)15/h3-5,9H,6-7,13H2,1-2H3,(H,14,15). The zero-order valence-electron chi connectivity index (χ0n) is 9.56. The Morgan fingerprint density at radius 1 is 1.56 bits per heavy atom. The molecule has 3 N–H and O–H groups in total. The highest BCUT2D eigenvalue weighted by molar-refractivity contribution is 5.68. The Kier molecular flexibility index (Phi) is 4.31. The van der Waals surface area contributed by atoms with Crippen molar-refractivity contribution < 1.29 is 14.6 Å². The smallest absolute Gasteiger partial charge is 0.304 e. The number of carboxylic acid groups (broad SMARTS) is 1. The molecule has 1 atom stereocenters. The molecule has 0 radical (unpaired) electrons. The van der Waals surface area contributed by atoms with Gasteiger partial charge >= 0.3 is 5.97 Å². The number of carboxylic acids is 1. The van der Waals surface area contributed by atoms with Gasteiger partial charge in [0.1, 0.15) is 5.75 Å². The molecule has 0 aliphatic heterocycles. The van der Waals surface area contributed by atoms with E-state index in [0.717, 1.165) is 16.9 Å². The van der Waals surface area contributed by atoms with E-state index in [4.69, 9.17) is 15.6 Å². The van der Waals surface area contributed by atoms with Gasteiger partial charge in [0.15, 0.2) is 0 Å². The summed E-state index contributed by atoms with van der Waals surface area (Å²) < 4.78 is 5.10. The van der Waals surface area contributed by atoms with Gasteiger partial charge in [0.2, 0.25) is 0 Å². The van der Waals surface area contributed by atoms with Crippen LogP contribution in [0.3, 0.4) is 0 Å². The number of methoxy groups -OCH3 is 1. The van der Waals surface area contributed by atoms with Gasteiger partial charge in [-0.3, -0.25) is 4.79 Å². The summed E-state index contributed by atoms with van der Waals surface area (Å²) in [5, 5.41) is 8.79. The topological polar surface area (TPSA) is 72.5 Å². The normalized spacial score (nSPS) is 12.2. The molecule has 0 amide bonds. The van der Waals surface area contributed by atoms with E-state index >= 15 is 0 Å². The summed E-state index contributed by atoms with van der Waals surface area (Å²) in [7, 11) is 1.60. The van der Waals surface area contributed by atoms with Gasteiger partial charge in [-0.15, -0.1) is 0 Å². The summed E-state index contributed by atoms with van der Waals surface area (Å²) in [4.78, 5) is 10.7. The van der Waals surface area contributed by atoms with Crippen molar-refractivity contribution in [1.29, 1.82) is 0 Å². The number of hydrogen-bond acceptors (Lipinski definition) is 3. The fourth-order valence-electron chi connectivity index (χ4n) is 1.76. The van der Waals surface area contributed by atoms with Gasteiger partial charge in [-0.1, -0.05) is 6.07 Å². The number of ether oxygens (including phenoxy) is 1. The first-order valence-corrected chi connectivity index (χ1v) is 5.15. The number of aliphatic carboxylic acids is 1. The lowest BCUT2D eigenvalue weighted by Gasteiger charge is -2.16. The molecule has 0 aromatic heterocycles. The Labute approximate surface area is 95.0 Å². The maximum Gasteiger partial charge on any atom is 0.304 e. The first kappa shape index (κ1) is 12.5.